The number of sulfonamides is 1. The Morgan fingerprint density at radius 3 is 2.74 bits per heavy atom. The third kappa shape index (κ3) is 2.90. The van der Waals surface area contributed by atoms with E-state index in [1.807, 2.05) is 36.7 Å². The van der Waals surface area contributed by atoms with Gasteiger partial charge in [0.2, 0.25) is 10.0 Å². The smallest absolute Gasteiger partial charge is 0.231 e. The number of primary sulfonamides is 1. The largest absolute Gasteiger partial charge is 0.285 e. The number of hydrogen-bond donors (Lipinski definition) is 1. The lowest BCUT2D eigenvalue weighted by Gasteiger charge is -2.07. The van der Waals surface area contributed by atoms with Crippen LogP contribution >= 0.6 is 0 Å². The van der Waals surface area contributed by atoms with Gasteiger partial charge in [0.25, 0.3) is 0 Å². The molecule has 3 aromatic rings. The van der Waals surface area contributed by atoms with Gasteiger partial charge < -0.3 is 0 Å². The van der Waals surface area contributed by atoms with Crippen molar-refractivity contribution in [2.24, 2.45) is 12.2 Å². The van der Waals surface area contributed by atoms with Crippen LogP contribution in [0, 0.1) is 13.8 Å². The summed E-state index contributed by atoms with van der Waals surface area (Å²) in [6.45, 7) is 3.80. The monoisotopic (exact) mass is 331 g/mol. The average molecular weight is 331 g/mol. The molecule has 0 aromatic carbocycles. The molecule has 0 unspecified atom stereocenters. The topological polar surface area (TPSA) is 95.8 Å². The van der Waals surface area contributed by atoms with E-state index in [-0.39, 0.29) is 0 Å². The minimum atomic E-state index is -3.71. The molecule has 0 spiro atoms. The zero-order valence-electron chi connectivity index (χ0n) is 13.1. The summed E-state index contributed by atoms with van der Waals surface area (Å²) in [5.41, 5.74) is 3.24. The molecule has 0 radical (unpaired) electrons. The second-order valence-electron chi connectivity index (χ2n) is 5.45. The molecule has 23 heavy (non-hydrogen) atoms. The van der Waals surface area contributed by atoms with Crippen molar-refractivity contribution >= 4 is 27.1 Å². The molecule has 120 valence electrons. The minimum absolute atomic E-state index is 0.682. The Morgan fingerprint density at radius 1 is 1.30 bits per heavy atom. The van der Waals surface area contributed by atoms with Gasteiger partial charge in [0, 0.05) is 35.8 Å². The third-order valence-electron chi connectivity index (χ3n) is 3.55. The molecule has 2 N–H and O–H groups in total. The summed E-state index contributed by atoms with van der Waals surface area (Å²) in [6.07, 6.45) is 5.15. The molecule has 7 nitrogen and oxygen atoms in total. The maximum Gasteiger partial charge on any atom is 0.231 e. The third-order valence-corrected chi connectivity index (χ3v) is 4.07. The molecule has 3 rings (SSSR count). The SMILES string of the molecule is Cc1cnc2c(ccn2-c2c(C=CS(N)(=O)=O)c(C)nn2C)c1. The molecule has 0 saturated heterocycles. The second kappa shape index (κ2) is 5.32. The highest BCUT2D eigenvalue weighted by molar-refractivity contribution is 7.92. The number of hydrogen-bond acceptors (Lipinski definition) is 4. The van der Waals surface area contributed by atoms with Crippen molar-refractivity contribution < 1.29 is 8.42 Å². The number of nitrogens with two attached hydrogens (primary N) is 1. The van der Waals surface area contributed by atoms with Crippen LogP contribution in [-0.4, -0.2) is 27.7 Å². The first-order chi connectivity index (χ1) is 10.8. The Hall–Kier alpha value is -2.45. The van der Waals surface area contributed by atoms with Gasteiger partial charge >= 0.3 is 0 Å². The van der Waals surface area contributed by atoms with Gasteiger partial charge in [-0.2, -0.15) is 5.10 Å². The lowest BCUT2D eigenvalue weighted by molar-refractivity contribution is 0.606. The van der Waals surface area contributed by atoms with E-state index in [2.05, 4.69) is 10.1 Å². The number of aryl methyl sites for hydroxylation is 3. The van der Waals surface area contributed by atoms with E-state index in [1.54, 1.807) is 17.9 Å². The maximum absolute atomic E-state index is 11.2. The molecule has 8 heteroatoms. The predicted molar refractivity (Wildman–Crippen MR) is 89.5 cm³/mol. The van der Waals surface area contributed by atoms with Gasteiger partial charge in [-0.3, -0.25) is 9.25 Å². The molecule has 3 aromatic heterocycles. The number of rotatable bonds is 3. The molecule has 0 aliphatic rings. The van der Waals surface area contributed by atoms with Gasteiger partial charge in [0.15, 0.2) is 0 Å². The standard InChI is InChI=1S/C15H17N5O2S/c1-10-8-12-4-6-20(14(12)17-9-10)15-13(5-7-23(16,21)22)11(2)18-19(15)3/h4-9H,1-3H3,(H2,16,21,22). The van der Waals surface area contributed by atoms with Crippen LogP contribution in [0.3, 0.4) is 0 Å². The lowest BCUT2D eigenvalue weighted by Crippen LogP contribution is -2.07. The quantitative estimate of drug-likeness (QED) is 0.789. The normalized spacial score (nSPS) is 12.5. The molecular formula is C15H17N5O2S. The van der Waals surface area contributed by atoms with Crippen LogP contribution in [0.25, 0.3) is 22.9 Å². The first kappa shape index (κ1) is 15.4. The first-order valence-corrected chi connectivity index (χ1v) is 8.56. The van der Waals surface area contributed by atoms with Gasteiger partial charge in [-0.05, 0) is 37.6 Å². The summed E-state index contributed by atoms with van der Waals surface area (Å²) >= 11 is 0. The Bertz CT molecular complexity index is 1030. The summed E-state index contributed by atoms with van der Waals surface area (Å²) in [7, 11) is -1.90. The summed E-state index contributed by atoms with van der Waals surface area (Å²) in [4.78, 5) is 4.47. The number of aromatic nitrogens is 4. The van der Waals surface area contributed by atoms with Crippen LogP contribution < -0.4 is 5.14 Å². The first-order valence-electron chi connectivity index (χ1n) is 6.95. The fourth-order valence-electron chi connectivity index (χ4n) is 2.61. The van der Waals surface area contributed by atoms with Crippen molar-refractivity contribution in [3.63, 3.8) is 0 Å². The zero-order valence-corrected chi connectivity index (χ0v) is 13.9. The average Bonchev–Trinajstić information content (AvgIpc) is 2.95. The van der Waals surface area contributed by atoms with E-state index in [0.717, 1.165) is 27.8 Å². The summed E-state index contributed by atoms with van der Waals surface area (Å²) in [6, 6.07) is 4.01. The molecule has 0 amide bonds. The van der Waals surface area contributed by atoms with Gasteiger partial charge in [-0.15, -0.1) is 0 Å². The van der Waals surface area contributed by atoms with Crippen molar-refractivity contribution in [3.05, 3.63) is 46.8 Å². The summed E-state index contributed by atoms with van der Waals surface area (Å²) in [5.74, 6) is 0.730. The highest BCUT2D eigenvalue weighted by Gasteiger charge is 2.16. The highest BCUT2D eigenvalue weighted by Crippen LogP contribution is 2.24. The molecule has 0 fully saturated rings. The van der Waals surface area contributed by atoms with Crippen molar-refractivity contribution in [2.75, 3.05) is 0 Å². The molecule has 0 saturated carbocycles. The summed E-state index contributed by atoms with van der Waals surface area (Å²) in [5, 5.41) is 11.4. The van der Waals surface area contributed by atoms with Crippen LogP contribution in [0.2, 0.25) is 0 Å². The van der Waals surface area contributed by atoms with Crippen LogP contribution in [0.5, 0.6) is 0 Å². The minimum Gasteiger partial charge on any atom is -0.285 e. The summed E-state index contributed by atoms with van der Waals surface area (Å²) < 4.78 is 26.0. The van der Waals surface area contributed by atoms with Crippen LogP contribution in [0.15, 0.2) is 29.9 Å². The van der Waals surface area contributed by atoms with Gasteiger partial charge in [0.05, 0.1) is 5.69 Å². The van der Waals surface area contributed by atoms with E-state index in [0.29, 0.717) is 11.3 Å². The van der Waals surface area contributed by atoms with E-state index in [1.165, 1.54) is 6.08 Å². The van der Waals surface area contributed by atoms with Crippen LogP contribution in [0.4, 0.5) is 0 Å². The van der Waals surface area contributed by atoms with Gasteiger partial charge in [0.1, 0.15) is 11.5 Å². The number of pyridine rings is 1. The van der Waals surface area contributed by atoms with Crippen LogP contribution in [-0.2, 0) is 17.1 Å². The van der Waals surface area contributed by atoms with E-state index in [4.69, 9.17) is 5.14 Å². The van der Waals surface area contributed by atoms with E-state index < -0.39 is 10.0 Å². The predicted octanol–water partition coefficient (Wildman–Crippen LogP) is 1.64. The molecular weight excluding hydrogens is 314 g/mol. The fourth-order valence-corrected chi connectivity index (χ4v) is 2.94. The number of fused-ring (bicyclic) bond motifs is 1. The van der Waals surface area contributed by atoms with Gasteiger partial charge in [-0.1, -0.05) is 0 Å². The molecule has 3 heterocycles. The molecule has 0 aliphatic heterocycles. The Kier molecular flexibility index (Phi) is 3.57. The van der Waals surface area contributed by atoms with Crippen molar-refractivity contribution in [1.29, 1.82) is 0 Å². The fraction of sp³-hybridized carbons (Fsp3) is 0.200. The molecule has 0 bridgehead atoms. The Morgan fingerprint density at radius 2 is 2.04 bits per heavy atom. The van der Waals surface area contributed by atoms with Crippen molar-refractivity contribution in [3.8, 4) is 5.82 Å². The van der Waals surface area contributed by atoms with Gasteiger partial charge in [-0.25, -0.2) is 18.5 Å². The van der Waals surface area contributed by atoms with Crippen molar-refractivity contribution in [1.82, 2.24) is 19.3 Å². The molecule has 0 atom stereocenters. The Labute approximate surface area is 134 Å². The van der Waals surface area contributed by atoms with E-state index in [9.17, 15) is 8.42 Å². The molecule has 0 aliphatic carbocycles. The second-order valence-corrected chi connectivity index (χ2v) is 6.90. The van der Waals surface area contributed by atoms with E-state index >= 15 is 0 Å². The Balaban J connectivity index is 2.25. The van der Waals surface area contributed by atoms with Crippen molar-refractivity contribution in [2.45, 2.75) is 13.8 Å². The maximum atomic E-state index is 11.2. The number of nitrogens with zero attached hydrogens (tertiary/aromatic N) is 4. The van der Waals surface area contributed by atoms with Crippen LogP contribution in [0.1, 0.15) is 16.8 Å². The highest BCUT2D eigenvalue weighted by atomic mass is 32.2. The lowest BCUT2D eigenvalue weighted by atomic mass is 10.2. The zero-order chi connectivity index (χ0) is 16.8.